The van der Waals surface area contributed by atoms with Crippen molar-refractivity contribution in [1.29, 1.82) is 0 Å². The first-order chi connectivity index (χ1) is 12.8. The Morgan fingerprint density at radius 3 is 2.69 bits per heavy atom. The van der Waals surface area contributed by atoms with Gasteiger partial charge in [0.15, 0.2) is 0 Å². The van der Waals surface area contributed by atoms with Crippen LogP contribution in [0.5, 0.6) is 0 Å². The van der Waals surface area contributed by atoms with Crippen molar-refractivity contribution in [3.05, 3.63) is 107 Å². The fraction of sp³-hybridized carbons (Fsp3) is 0.0870. The average molecular weight is 359 g/mol. The average Bonchev–Trinajstić information content (AvgIpc) is 2.70. The van der Waals surface area contributed by atoms with Crippen molar-refractivity contribution < 1.29 is 0 Å². The Hall–Kier alpha value is -2.84. The van der Waals surface area contributed by atoms with E-state index in [9.17, 15) is 0 Å². The molecule has 0 amide bonds. The van der Waals surface area contributed by atoms with E-state index >= 15 is 0 Å². The summed E-state index contributed by atoms with van der Waals surface area (Å²) in [6.45, 7) is 0. The van der Waals surface area contributed by atoms with Gasteiger partial charge in [0.25, 0.3) is 0 Å². The molecule has 0 saturated heterocycles. The fourth-order valence-corrected chi connectivity index (χ4v) is 3.37. The molecule has 2 nitrogen and oxygen atoms in total. The number of pyridine rings is 1. The van der Waals surface area contributed by atoms with Crippen LogP contribution < -0.4 is 5.32 Å². The van der Waals surface area contributed by atoms with E-state index in [0.29, 0.717) is 0 Å². The van der Waals surface area contributed by atoms with E-state index in [0.717, 1.165) is 11.4 Å². The predicted molar refractivity (Wildman–Crippen MR) is 109 cm³/mol. The second-order valence-electron chi connectivity index (χ2n) is 6.34. The quantitative estimate of drug-likeness (QED) is 0.618. The third-order valence-electron chi connectivity index (χ3n) is 4.54. The predicted octanol–water partition coefficient (Wildman–Crippen LogP) is 6.03. The van der Waals surface area contributed by atoms with Crippen molar-refractivity contribution in [3.8, 4) is 11.1 Å². The van der Waals surface area contributed by atoms with E-state index in [1.807, 2.05) is 30.6 Å². The third kappa shape index (κ3) is 3.71. The summed E-state index contributed by atoms with van der Waals surface area (Å²) in [5.41, 5.74) is 6.05. The highest BCUT2D eigenvalue weighted by molar-refractivity contribution is 6.30. The number of hydrogen-bond donors (Lipinski definition) is 1. The molecule has 1 unspecified atom stereocenters. The second-order valence-corrected chi connectivity index (χ2v) is 6.78. The van der Waals surface area contributed by atoms with Gasteiger partial charge < -0.3 is 5.32 Å². The van der Waals surface area contributed by atoms with Crippen molar-refractivity contribution >= 4 is 17.7 Å². The second kappa shape index (κ2) is 7.59. The van der Waals surface area contributed by atoms with Crippen molar-refractivity contribution in [2.45, 2.75) is 12.5 Å². The van der Waals surface area contributed by atoms with Crippen LogP contribution in [0.1, 0.15) is 23.6 Å². The van der Waals surface area contributed by atoms with Crippen LogP contribution in [0.3, 0.4) is 0 Å². The molecule has 3 aromatic rings. The highest BCUT2D eigenvalue weighted by Gasteiger charge is 2.17. The number of nitrogens with zero attached hydrogens (tertiary/aromatic N) is 1. The van der Waals surface area contributed by atoms with Gasteiger partial charge in [-0.25, -0.2) is 0 Å². The molecule has 0 bridgehead atoms. The Balaban J connectivity index is 1.67. The van der Waals surface area contributed by atoms with Crippen molar-refractivity contribution in [2.75, 3.05) is 0 Å². The molecule has 4 rings (SSSR count). The maximum Gasteiger partial charge on any atom is 0.0743 e. The molecule has 2 heterocycles. The van der Waals surface area contributed by atoms with Gasteiger partial charge in [0.05, 0.1) is 6.04 Å². The molecule has 1 aromatic heterocycles. The van der Waals surface area contributed by atoms with Gasteiger partial charge in [0.1, 0.15) is 0 Å². The molecule has 1 aliphatic rings. The molecule has 0 saturated carbocycles. The zero-order valence-electron chi connectivity index (χ0n) is 14.3. The first-order valence-corrected chi connectivity index (χ1v) is 9.05. The summed E-state index contributed by atoms with van der Waals surface area (Å²) in [6.07, 6.45) is 11.1. The summed E-state index contributed by atoms with van der Waals surface area (Å²) in [7, 11) is 0. The van der Waals surface area contributed by atoms with Gasteiger partial charge in [-0.1, -0.05) is 60.2 Å². The lowest BCUT2D eigenvalue weighted by Gasteiger charge is -2.24. The molecule has 0 fully saturated rings. The maximum absolute atomic E-state index is 6.01. The molecule has 1 atom stereocenters. The molecule has 0 aliphatic carbocycles. The van der Waals surface area contributed by atoms with Gasteiger partial charge in [0.2, 0.25) is 0 Å². The number of rotatable bonds is 3. The Kier molecular flexibility index (Phi) is 4.85. The Bertz CT molecular complexity index is 943. The summed E-state index contributed by atoms with van der Waals surface area (Å²) in [4.78, 5) is 4.26. The van der Waals surface area contributed by atoms with Crippen molar-refractivity contribution in [1.82, 2.24) is 10.3 Å². The zero-order chi connectivity index (χ0) is 17.8. The lowest BCUT2D eigenvalue weighted by Crippen LogP contribution is -2.20. The number of hydrogen-bond acceptors (Lipinski definition) is 2. The summed E-state index contributed by atoms with van der Waals surface area (Å²) >= 11 is 6.01. The zero-order valence-corrected chi connectivity index (χ0v) is 15.0. The molecule has 0 radical (unpaired) electrons. The number of allylic oxidation sites excluding steroid dienone is 1. The summed E-state index contributed by atoms with van der Waals surface area (Å²) in [6, 6.07) is 20.8. The van der Waals surface area contributed by atoms with Gasteiger partial charge in [-0.05, 0) is 64.7 Å². The molecular formula is C23H19ClN2. The van der Waals surface area contributed by atoms with Gasteiger partial charge in [-0.2, -0.15) is 0 Å². The minimum atomic E-state index is 0.160. The smallest absolute Gasteiger partial charge is 0.0743 e. The van der Waals surface area contributed by atoms with Gasteiger partial charge in [-0.15, -0.1) is 0 Å². The Labute approximate surface area is 158 Å². The van der Waals surface area contributed by atoms with Crippen LogP contribution in [0.15, 0.2) is 90.9 Å². The summed E-state index contributed by atoms with van der Waals surface area (Å²) in [5, 5.41) is 4.21. The highest BCUT2D eigenvalue weighted by atomic mass is 35.5. The SMILES string of the molecule is Clc1ccc(-c2cccc(C=C3CC=CNC3c3cccnc3)c2)cc1. The molecular weight excluding hydrogens is 340 g/mol. The first kappa shape index (κ1) is 16.6. The minimum absolute atomic E-state index is 0.160. The number of benzene rings is 2. The monoisotopic (exact) mass is 358 g/mol. The van der Waals surface area contributed by atoms with Crippen LogP contribution in [-0.4, -0.2) is 4.98 Å². The third-order valence-corrected chi connectivity index (χ3v) is 4.79. The fourth-order valence-electron chi connectivity index (χ4n) is 3.25. The van der Waals surface area contributed by atoms with Crippen molar-refractivity contribution in [3.63, 3.8) is 0 Å². The number of aromatic nitrogens is 1. The maximum atomic E-state index is 6.01. The van der Waals surface area contributed by atoms with Crippen LogP contribution in [0.25, 0.3) is 17.2 Å². The van der Waals surface area contributed by atoms with Crippen LogP contribution >= 0.6 is 11.6 Å². The van der Waals surface area contributed by atoms with Crippen LogP contribution in [-0.2, 0) is 0 Å². The molecule has 1 aliphatic heterocycles. The number of nitrogens with one attached hydrogen (secondary N) is 1. The highest BCUT2D eigenvalue weighted by Crippen LogP contribution is 2.30. The van der Waals surface area contributed by atoms with Crippen molar-refractivity contribution in [2.24, 2.45) is 0 Å². The van der Waals surface area contributed by atoms with E-state index in [-0.39, 0.29) is 6.04 Å². The Morgan fingerprint density at radius 1 is 1.00 bits per heavy atom. The first-order valence-electron chi connectivity index (χ1n) is 8.67. The molecule has 1 N–H and O–H groups in total. The van der Waals surface area contributed by atoms with E-state index < -0.39 is 0 Å². The Morgan fingerprint density at radius 2 is 1.88 bits per heavy atom. The molecule has 3 heteroatoms. The van der Waals surface area contributed by atoms with E-state index in [1.165, 1.54) is 27.8 Å². The van der Waals surface area contributed by atoms with E-state index in [2.05, 4.69) is 64.9 Å². The molecule has 26 heavy (non-hydrogen) atoms. The lowest BCUT2D eigenvalue weighted by atomic mass is 9.93. The topological polar surface area (TPSA) is 24.9 Å². The van der Waals surface area contributed by atoms with E-state index in [4.69, 9.17) is 11.6 Å². The van der Waals surface area contributed by atoms with Gasteiger partial charge >= 0.3 is 0 Å². The standard InChI is InChI=1S/C23H19ClN2/c24-22-10-8-18(9-11-22)19-5-1-4-17(14-19)15-20-6-3-13-26-23(20)21-7-2-12-25-16-21/h1-5,7-16,23,26H,6H2. The summed E-state index contributed by atoms with van der Waals surface area (Å²) < 4.78 is 0. The lowest BCUT2D eigenvalue weighted by molar-refractivity contribution is 0.676. The van der Waals surface area contributed by atoms with Crippen LogP contribution in [0.2, 0.25) is 5.02 Å². The van der Waals surface area contributed by atoms with E-state index in [1.54, 1.807) is 6.20 Å². The minimum Gasteiger partial charge on any atom is -0.381 e. The largest absolute Gasteiger partial charge is 0.381 e. The van der Waals surface area contributed by atoms with Crippen LogP contribution in [0.4, 0.5) is 0 Å². The molecule has 2 aromatic carbocycles. The molecule has 128 valence electrons. The molecule has 0 spiro atoms. The van der Waals surface area contributed by atoms with Crippen LogP contribution in [0, 0.1) is 0 Å². The summed E-state index contributed by atoms with van der Waals surface area (Å²) in [5.74, 6) is 0. The van der Waals surface area contributed by atoms with Gasteiger partial charge in [-0.3, -0.25) is 4.98 Å². The van der Waals surface area contributed by atoms with Gasteiger partial charge in [0, 0.05) is 17.4 Å². The number of halogens is 1. The normalized spacial score (nSPS) is 17.9.